The number of anilines is 1. The molecule has 0 saturated heterocycles. The molecule has 4 nitrogen and oxygen atoms in total. The van der Waals surface area contributed by atoms with Crippen LogP contribution in [-0.4, -0.2) is 14.0 Å². The molecular weight excluding hydrogens is 260 g/mol. The highest BCUT2D eigenvalue weighted by Crippen LogP contribution is 2.33. The lowest BCUT2D eigenvalue weighted by atomic mass is 9.80. The van der Waals surface area contributed by atoms with Crippen molar-refractivity contribution in [3.63, 3.8) is 0 Å². The van der Waals surface area contributed by atoms with Gasteiger partial charge >= 0.3 is 0 Å². The van der Waals surface area contributed by atoms with Gasteiger partial charge < -0.3 is 5.73 Å². The minimum atomic E-state index is -3.56. The zero-order valence-corrected chi connectivity index (χ0v) is 11.1. The maximum atomic E-state index is 12.1. The van der Waals surface area contributed by atoms with E-state index in [-0.39, 0.29) is 15.5 Å². The third-order valence-electron chi connectivity index (χ3n) is 3.08. The van der Waals surface area contributed by atoms with Crippen LogP contribution in [0.2, 0.25) is 5.02 Å². The van der Waals surface area contributed by atoms with E-state index in [1.807, 2.05) is 6.92 Å². The second-order valence-corrected chi connectivity index (χ2v) is 6.77. The molecule has 0 bridgehead atoms. The Labute approximate surface area is 106 Å². The highest BCUT2D eigenvalue weighted by atomic mass is 35.5. The summed E-state index contributed by atoms with van der Waals surface area (Å²) in [5.41, 5.74) is 5.65. The Morgan fingerprint density at radius 2 is 2.06 bits per heavy atom. The molecule has 0 amide bonds. The topological polar surface area (TPSA) is 72.2 Å². The van der Waals surface area contributed by atoms with Crippen molar-refractivity contribution in [3.05, 3.63) is 23.2 Å². The van der Waals surface area contributed by atoms with E-state index in [9.17, 15) is 8.42 Å². The summed E-state index contributed by atoms with van der Waals surface area (Å²) in [6, 6.07) is 4.41. The van der Waals surface area contributed by atoms with Gasteiger partial charge in [0, 0.05) is 11.2 Å². The van der Waals surface area contributed by atoms with Gasteiger partial charge in [-0.1, -0.05) is 11.6 Å². The van der Waals surface area contributed by atoms with Crippen LogP contribution in [0.15, 0.2) is 23.1 Å². The van der Waals surface area contributed by atoms with E-state index in [0.29, 0.717) is 5.69 Å². The standard InChI is InChI=1S/C11H15ClN2O2S/c1-11(5-2-6-11)14-17(15,16)10-4-3-8(13)7-9(10)12/h3-4,7,14H,2,5-6,13H2,1H3. The van der Waals surface area contributed by atoms with Gasteiger partial charge in [-0.2, -0.15) is 0 Å². The zero-order chi connectivity index (χ0) is 12.7. The summed E-state index contributed by atoms with van der Waals surface area (Å²) in [5, 5.41) is 0.153. The highest BCUT2D eigenvalue weighted by Gasteiger charge is 2.36. The van der Waals surface area contributed by atoms with Gasteiger partial charge in [-0.3, -0.25) is 0 Å². The Morgan fingerprint density at radius 3 is 2.53 bits per heavy atom. The van der Waals surface area contributed by atoms with Crippen LogP contribution in [0.25, 0.3) is 0 Å². The smallest absolute Gasteiger partial charge is 0.242 e. The summed E-state index contributed by atoms with van der Waals surface area (Å²) >= 11 is 5.90. The van der Waals surface area contributed by atoms with Crippen molar-refractivity contribution in [2.75, 3.05) is 5.73 Å². The third-order valence-corrected chi connectivity index (χ3v) is 5.20. The van der Waals surface area contributed by atoms with Crippen molar-refractivity contribution in [3.8, 4) is 0 Å². The van der Waals surface area contributed by atoms with Crippen molar-refractivity contribution in [2.24, 2.45) is 0 Å². The first-order valence-corrected chi connectivity index (χ1v) is 7.28. The first kappa shape index (κ1) is 12.7. The molecule has 0 heterocycles. The van der Waals surface area contributed by atoms with Gasteiger partial charge in [0.05, 0.1) is 5.02 Å². The molecule has 1 aliphatic rings. The zero-order valence-electron chi connectivity index (χ0n) is 9.53. The molecule has 0 unspecified atom stereocenters. The monoisotopic (exact) mass is 274 g/mol. The number of rotatable bonds is 3. The van der Waals surface area contributed by atoms with Crippen molar-refractivity contribution >= 4 is 27.3 Å². The number of hydrogen-bond donors (Lipinski definition) is 2. The molecular formula is C11H15ClN2O2S. The first-order chi connectivity index (χ1) is 7.82. The Hall–Kier alpha value is -0.780. The summed E-state index contributed by atoms with van der Waals surface area (Å²) in [6.07, 6.45) is 2.77. The van der Waals surface area contributed by atoms with Gasteiger partial charge in [-0.05, 0) is 44.4 Å². The van der Waals surface area contributed by atoms with E-state index in [4.69, 9.17) is 17.3 Å². The number of nitrogens with one attached hydrogen (secondary N) is 1. The van der Waals surface area contributed by atoms with Crippen molar-refractivity contribution in [2.45, 2.75) is 36.6 Å². The fourth-order valence-electron chi connectivity index (χ4n) is 1.92. The van der Waals surface area contributed by atoms with Gasteiger partial charge in [0.1, 0.15) is 4.90 Å². The molecule has 6 heteroatoms. The lowest BCUT2D eigenvalue weighted by Gasteiger charge is -2.38. The van der Waals surface area contributed by atoms with Crippen LogP contribution in [0, 0.1) is 0 Å². The second-order valence-electron chi connectivity index (χ2n) is 4.71. The molecule has 2 rings (SSSR count). The van der Waals surface area contributed by atoms with Gasteiger partial charge in [-0.25, -0.2) is 13.1 Å². The number of benzene rings is 1. The molecule has 0 aliphatic heterocycles. The Bertz CT molecular complexity index is 538. The van der Waals surface area contributed by atoms with Crippen molar-refractivity contribution < 1.29 is 8.42 Å². The molecule has 1 aromatic carbocycles. The Morgan fingerprint density at radius 1 is 1.41 bits per heavy atom. The minimum Gasteiger partial charge on any atom is -0.399 e. The molecule has 0 radical (unpaired) electrons. The molecule has 1 fully saturated rings. The number of nitrogen functional groups attached to an aromatic ring is 1. The van der Waals surface area contributed by atoms with E-state index < -0.39 is 10.0 Å². The lowest BCUT2D eigenvalue weighted by Crippen LogP contribution is -2.50. The summed E-state index contributed by atoms with van der Waals surface area (Å²) in [4.78, 5) is 0.0847. The highest BCUT2D eigenvalue weighted by molar-refractivity contribution is 7.89. The van der Waals surface area contributed by atoms with Crippen LogP contribution in [-0.2, 0) is 10.0 Å². The molecule has 94 valence electrons. The number of hydrogen-bond acceptors (Lipinski definition) is 3. The SMILES string of the molecule is CC1(NS(=O)(=O)c2ccc(N)cc2Cl)CCC1. The predicted octanol–water partition coefficient (Wildman–Crippen LogP) is 2.14. The molecule has 0 spiro atoms. The molecule has 1 aliphatic carbocycles. The summed E-state index contributed by atoms with van der Waals surface area (Å²) in [5.74, 6) is 0. The van der Waals surface area contributed by atoms with Crippen molar-refractivity contribution in [1.29, 1.82) is 0 Å². The minimum absolute atomic E-state index is 0.0847. The molecule has 1 saturated carbocycles. The largest absolute Gasteiger partial charge is 0.399 e. The summed E-state index contributed by atoms with van der Waals surface area (Å²) in [7, 11) is -3.56. The van der Waals surface area contributed by atoms with Crippen LogP contribution in [0.1, 0.15) is 26.2 Å². The van der Waals surface area contributed by atoms with Crippen LogP contribution in [0.5, 0.6) is 0 Å². The van der Waals surface area contributed by atoms with Gasteiger partial charge in [-0.15, -0.1) is 0 Å². The predicted molar refractivity (Wildman–Crippen MR) is 68.4 cm³/mol. The maximum absolute atomic E-state index is 12.1. The molecule has 0 aromatic heterocycles. The first-order valence-electron chi connectivity index (χ1n) is 5.41. The van der Waals surface area contributed by atoms with Crippen LogP contribution < -0.4 is 10.5 Å². The van der Waals surface area contributed by atoms with E-state index in [0.717, 1.165) is 19.3 Å². The van der Waals surface area contributed by atoms with Crippen molar-refractivity contribution in [1.82, 2.24) is 4.72 Å². The fraction of sp³-hybridized carbons (Fsp3) is 0.455. The van der Waals surface area contributed by atoms with Crippen LogP contribution in [0.3, 0.4) is 0 Å². The normalized spacial score (nSPS) is 18.7. The molecule has 1 aromatic rings. The number of sulfonamides is 1. The van der Waals surface area contributed by atoms with E-state index in [1.54, 1.807) is 0 Å². The van der Waals surface area contributed by atoms with Gasteiger partial charge in [0.15, 0.2) is 0 Å². The quantitative estimate of drug-likeness (QED) is 0.830. The maximum Gasteiger partial charge on any atom is 0.242 e. The molecule has 0 atom stereocenters. The summed E-state index contributed by atoms with van der Waals surface area (Å²) < 4.78 is 27.0. The van der Waals surface area contributed by atoms with Gasteiger partial charge in [0.25, 0.3) is 0 Å². The number of halogens is 1. The van der Waals surface area contributed by atoms with Gasteiger partial charge in [0.2, 0.25) is 10.0 Å². The molecule has 17 heavy (non-hydrogen) atoms. The Kier molecular flexibility index (Phi) is 3.10. The molecule has 3 N–H and O–H groups in total. The van der Waals surface area contributed by atoms with E-state index in [1.165, 1.54) is 18.2 Å². The summed E-state index contributed by atoms with van der Waals surface area (Å²) in [6.45, 7) is 1.90. The van der Waals surface area contributed by atoms with Crippen LogP contribution in [0.4, 0.5) is 5.69 Å². The lowest BCUT2D eigenvalue weighted by molar-refractivity contribution is 0.248. The third kappa shape index (κ3) is 2.56. The second kappa shape index (κ2) is 4.15. The van der Waals surface area contributed by atoms with Crippen LogP contribution >= 0.6 is 11.6 Å². The van der Waals surface area contributed by atoms with E-state index in [2.05, 4.69) is 4.72 Å². The average molecular weight is 275 g/mol. The van der Waals surface area contributed by atoms with E-state index >= 15 is 0 Å². The Balaban J connectivity index is 2.31. The fourth-order valence-corrected chi connectivity index (χ4v) is 3.94. The average Bonchev–Trinajstić information content (AvgIpc) is 2.13. The number of nitrogens with two attached hydrogens (primary N) is 1.